The molecule has 0 saturated heterocycles. The average molecular weight is 302 g/mol. The summed E-state index contributed by atoms with van der Waals surface area (Å²) in [5.41, 5.74) is 9.68. The first-order valence-corrected chi connectivity index (χ1v) is 5.99. The molecule has 0 radical (unpaired) electrons. The van der Waals surface area contributed by atoms with Crippen LogP contribution in [0.3, 0.4) is 0 Å². The number of aliphatic hydroxyl groups excluding tert-OH is 1. The topological polar surface area (TPSA) is 44.0 Å². The predicted octanol–water partition coefficient (Wildman–Crippen LogP) is 2.83. The van der Waals surface area contributed by atoms with Crippen LogP contribution in [0.1, 0.15) is 17.2 Å². The van der Waals surface area contributed by atoms with Crippen molar-refractivity contribution in [1.82, 2.24) is 0 Å². The normalized spacial score (nSPS) is 22.9. The first kappa shape index (κ1) is 14.1. The number of aliphatic hydroxyl groups is 1. The number of fused-ring (bicyclic) bond motifs is 1. The van der Waals surface area contributed by atoms with Crippen LogP contribution >= 0.6 is 9.69 Å². The summed E-state index contributed by atoms with van der Waals surface area (Å²) in [4.78, 5) is 0. The quantitative estimate of drug-likeness (QED) is 0.581. The van der Waals surface area contributed by atoms with Gasteiger partial charge in [0.05, 0.1) is 0 Å². The zero-order valence-electron chi connectivity index (χ0n) is 7.83. The summed E-state index contributed by atoms with van der Waals surface area (Å²) in [5.74, 6) is 0. The average Bonchev–Trinajstić information content (AvgIpc) is 2.47. The van der Waals surface area contributed by atoms with E-state index in [9.17, 15) is 5.11 Å². The Bertz CT molecular complexity index is 283. The van der Waals surface area contributed by atoms with Gasteiger partial charge in [0.2, 0.25) is 0 Å². The fourth-order valence-corrected chi connectivity index (χ4v) is 1.57. The molecule has 1 aliphatic carbocycles. The molecule has 0 amide bonds. The van der Waals surface area contributed by atoms with E-state index in [0.717, 1.165) is 11.1 Å². The van der Waals surface area contributed by atoms with Crippen molar-refractivity contribution in [2.24, 2.45) is 0 Å². The van der Waals surface area contributed by atoms with Crippen LogP contribution in [0.2, 0.25) is 0 Å². The van der Waals surface area contributed by atoms with Crippen LogP contribution in [-0.2, 0) is 23.7 Å². The van der Waals surface area contributed by atoms with Crippen molar-refractivity contribution in [2.75, 3.05) is 0 Å². The van der Waals surface area contributed by atoms with Crippen LogP contribution in [-0.4, -0.2) is 11.2 Å². The molecule has 14 heavy (non-hydrogen) atoms. The zero-order chi connectivity index (χ0) is 9.84. The summed E-state index contributed by atoms with van der Waals surface area (Å²) in [5, 5.41) is 9.33. The predicted molar refractivity (Wildman–Crippen MR) is 55.5 cm³/mol. The number of benzene rings is 1. The van der Waals surface area contributed by atoms with Crippen LogP contribution in [0.15, 0.2) is 24.3 Å². The Morgan fingerprint density at radius 3 is 2.50 bits per heavy atom. The molecule has 0 heterocycles. The molecule has 2 nitrogen and oxygen atoms in total. The van der Waals surface area contributed by atoms with Gasteiger partial charge in [0.25, 0.3) is 0 Å². The maximum atomic E-state index is 9.33. The third kappa shape index (κ3) is 2.77. The molecule has 0 unspecified atom stereocenters. The SMILES string of the molecule is [CH3-].[Cl][Rh+2].[NH-][C@H]1c2ccccc2C[C@H]1O. The van der Waals surface area contributed by atoms with Crippen LogP contribution in [0, 0.1) is 7.43 Å². The molecule has 1 aliphatic rings. The van der Waals surface area contributed by atoms with Gasteiger partial charge in [0, 0.05) is 6.10 Å². The maximum absolute atomic E-state index is 9.33. The van der Waals surface area contributed by atoms with Crippen molar-refractivity contribution in [3.63, 3.8) is 0 Å². The number of halogens is 1. The van der Waals surface area contributed by atoms with Gasteiger partial charge in [0.15, 0.2) is 0 Å². The van der Waals surface area contributed by atoms with Crippen molar-refractivity contribution in [1.29, 1.82) is 0 Å². The Morgan fingerprint density at radius 1 is 1.36 bits per heavy atom. The second-order valence-electron chi connectivity index (χ2n) is 2.95. The minimum absolute atomic E-state index is 0. The number of nitrogens with one attached hydrogen (secondary N) is 1. The number of hydrogen-bond donors (Lipinski definition) is 1. The van der Waals surface area contributed by atoms with Gasteiger partial charge in [0.1, 0.15) is 0 Å². The first-order chi connectivity index (χ1) is 6.29. The van der Waals surface area contributed by atoms with E-state index in [0.29, 0.717) is 6.42 Å². The van der Waals surface area contributed by atoms with Gasteiger partial charge in [-0.3, -0.25) is 0 Å². The number of rotatable bonds is 0. The summed E-state index contributed by atoms with van der Waals surface area (Å²) in [6.07, 6.45) is 0.150. The number of hydrogen-bond acceptors (Lipinski definition) is 1. The first-order valence-electron chi connectivity index (χ1n) is 3.88. The van der Waals surface area contributed by atoms with Gasteiger partial charge in [-0.1, -0.05) is 35.9 Å². The van der Waals surface area contributed by atoms with Gasteiger partial charge in [-0.15, -0.1) is 0 Å². The summed E-state index contributed by atoms with van der Waals surface area (Å²) in [7, 11) is 4.53. The molecule has 1 aromatic carbocycles. The van der Waals surface area contributed by atoms with Crippen molar-refractivity contribution in [2.45, 2.75) is 18.6 Å². The van der Waals surface area contributed by atoms with Crippen LogP contribution in [0.25, 0.3) is 5.73 Å². The maximum Gasteiger partial charge on any atom is 0.0459 e. The Labute approximate surface area is 99.2 Å². The van der Waals surface area contributed by atoms with Crippen LogP contribution in [0.4, 0.5) is 0 Å². The van der Waals surface area contributed by atoms with E-state index in [1.165, 1.54) is 0 Å². The minimum Gasteiger partial charge on any atom is -0.669 e. The van der Waals surface area contributed by atoms with E-state index in [4.69, 9.17) is 5.73 Å². The largest absolute Gasteiger partial charge is 0.669 e. The molecule has 0 aliphatic heterocycles. The second-order valence-corrected chi connectivity index (χ2v) is 2.95. The van der Waals surface area contributed by atoms with Crippen molar-refractivity contribution < 1.29 is 22.4 Å². The van der Waals surface area contributed by atoms with Crippen molar-refractivity contribution in [3.05, 3.63) is 48.6 Å². The third-order valence-electron chi connectivity index (χ3n) is 2.20. The van der Waals surface area contributed by atoms with Crippen molar-refractivity contribution in [3.8, 4) is 0 Å². The molecule has 0 spiro atoms. The Kier molecular flexibility index (Phi) is 6.55. The van der Waals surface area contributed by atoms with Gasteiger partial charge in [-0.25, -0.2) is 0 Å². The van der Waals surface area contributed by atoms with E-state index in [-0.39, 0.29) is 7.43 Å². The molecular formula is C10H13ClNORh. The van der Waals surface area contributed by atoms with Crippen LogP contribution < -0.4 is 0 Å². The van der Waals surface area contributed by atoms with E-state index < -0.39 is 12.1 Å². The fourth-order valence-electron chi connectivity index (χ4n) is 1.57. The van der Waals surface area contributed by atoms with Gasteiger partial charge >= 0.3 is 27.0 Å². The molecule has 0 fully saturated rings. The van der Waals surface area contributed by atoms with Gasteiger partial charge in [-0.2, -0.15) is 0 Å². The smallest absolute Gasteiger partial charge is 0.0459 e. The Hall–Kier alpha value is 0.0534. The molecule has 0 bridgehead atoms. The molecule has 2 N–H and O–H groups in total. The summed E-state index contributed by atoms with van der Waals surface area (Å²) in [6.45, 7) is 0. The minimum atomic E-state index is -0.493. The molecule has 0 saturated carbocycles. The Morgan fingerprint density at radius 2 is 1.93 bits per heavy atom. The standard InChI is InChI=1S/C9H10NO.CH3.ClH.Rh/c10-9-7-4-2-1-3-6(7)5-8(9)11;;;/h1-4,8-11H,5H2;1H3;1H;/q2*-1;;+3/p-1/t8-,9+;;;/m1.../s1. The molecule has 2 rings (SSSR count). The molecule has 1 aromatic rings. The molecule has 0 aromatic heterocycles. The zero-order valence-corrected chi connectivity index (χ0v) is 10.2. The molecule has 4 heteroatoms. The summed E-state index contributed by atoms with van der Waals surface area (Å²) in [6, 6.07) is 7.34. The van der Waals surface area contributed by atoms with E-state index in [1.807, 2.05) is 41.6 Å². The monoisotopic (exact) mass is 301 g/mol. The molecule has 2 atom stereocenters. The van der Waals surface area contributed by atoms with Gasteiger partial charge in [-0.05, 0) is 12.0 Å². The third-order valence-corrected chi connectivity index (χ3v) is 2.20. The summed E-state index contributed by atoms with van der Waals surface area (Å²) >= 11 is 2.02. The van der Waals surface area contributed by atoms with Crippen LogP contribution in [0.5, 0.6) is 0 Å². The Balaban J connectivity index is 0.000000531. The van der Waals surface area contributed by atoms with E-state index in [1.54, 1.807) is 0 Å². The molecule has 80 valence electrons. The van der Waals surface area contributed by atoms with Gasteiger partial charge < -0.3 is 18.3 Å². The second kappa shape index (κ2) is 6.52. The summed E-state index contributed by atoms with van der Waals surface area (Å²) < 4.78 is 0. The fraction of sp³-hybridized carbons (Fsp3) is 0.300. The molecular weight excluding hydrogens is 288 g/mol. The van der Waals surface area contributed by atoms with Crippen molar-refractivity contribution >= 4 is 9.69 Å². The van der Waals surface area contributed by atoms with E-state index >= 15 is 0 Å². The van der Waals surface area contributed by atoms with E-state index in [2.05, 4.69) is 9.69 Å².